The lowest BCUT2D eigenvalue weighted by Gasteiger charge is -2.18. The zero-order valence-corrected chi connectivity index (χ0v) is 10.5. The lowest BCUT2D eigenvalue weighted by molar-refractivity contribution is -0.0709. The van der Waals surface area contributed by atoms with Gasteiger partial charge < -0.3 is 18.9 Å². The molecule has 0 aliphatic carbocycles. The van der Waals surface area contributed by atoms with Gasteiger partial charge in [-0.3, -0.25) is 0 Å². The Morgan fingerprint density at radius 2 is 1.20 bits per heavy atom. The van der Waals surface area contributed by atoms with Crippen LogP contribution in [0.5, 0.6) is 0 Å². The van der Waals surface area contributed by atoms with Gasteiger partial charge in [-0.1, -0.05) is 0 Å². The second-order valence-electron chi connectivity index (χ2n) is 3.79. The molecule has 0 aromatic heterocycles. The summed E-state index contributed by atoms with van der Waals surface area (Å²) in [5.74, 6) is 0. The molecule has 4 nitrogen and oxygen atoms in total. The molecule has 0 aliphatic rings. The summed E-state index contributed by atoms with van der Waals surface area (Å²) in [7, 11) is 3.34. The maximum absolute atomic E-state index is 5.53. The van der Waals surface area contributed by atoms with Crippen LogP contribution in [-0.4, -0.2) is 52.4 Å². The van der Waals surface area contributed by atoms with E-state index in [1.165, 1.54) is 0 Å². The smallest absolute Gasteiger partial charge is 0.0781 e. The molecule has 0 N–H and O–H groups in total. The molecule has 15 heavy (non-hydrogen) atoms. The minimum absolute atomic E-state index is 0.0851. The highest BCUT2D eigenvalue weighted by molar-refractivity contribution is 4.54. The average Bonchev–Trinajstić information content (AvgIpc) is 2.23. The van der Waals surface area contributed by atoms with E-state index in [4.69, 9.17) is 18.9 Å². The summed E-state index contributed by atoms with van der Waals surface area (Å²) in [6.45, 7) is 7.73. The third kappa shape index (κ3) is 8.81. The molecule has 4 heteroatoms. The van der Waals surface area contributed by atoms with E-state index >= 15 is 0 Å². The summed E-state index contributed by atoms with van der Waals surface area (Å²) >= 11 is 0. The van der Waals surface area contributed by atoms with Crippen molar-refractivity contribution in [2.45, 2.75) is 39.1 Å². The zero-order chi connectivity index (χ0) is 11.7. The lowest BCUT2D eigenvalue weighted by Crippen LogP contribution is -2.26. The van der Waals surface area contributed by atoms with Crippen molar-refractivity contribution in [1.82, 2.24) is 0 Å². The molecule has 0 aromatic carbocycles. The molecule has 0 fully saturated rings. The van der Waals surface area contributed by atoms with E-state index in [0.717, 1.165) is 0 Å². The van der Waals surface area contributed by atoms with Gasteiger partial charge in [0.1, 0.15) is 0 Å². The molecule has 0 saturated heterocycles. The fourth-order valence-corrected chi connectivity index (χ4v) is 0.999. The summed E-state index contributed by atoms with van der Waals surface area (Å²) in [4.78, 5) is 0. The van der Waals surface area contributed by atoms with Crippen molar-refractivity contribution in [2.24, 2.45) is 0 Å². The topological polar surface area (TPSA) is 36.9 Å². The normalized spacial score (nSPS) is 17.4. The Balaban J connectivity index is 3.44. The van der Waals surface area contributed by atoms with Gasteiger partial charge in [-0.15, -0.1) is 0 Å². The van der Waals surface area contributed by atoms with Gasteiger partial charge in [-0.25, -0.2) is 0 Å². The quantitative estimate of drug-likeness (QED) is 0.590. The van der Waals surface area contributed by atoms with Crippen molar-refractivity contribution in [3.8, 4) is 0 Å². The maximum Gasteiger partial charge on any atom is 0.0781 e. The van der Waals surface area contributed by atoms with Crippen LogP contribution in [0.1, 0.15) is 20.8 Å². The number of hydrogen-bond acceptors (Lipinski definition) is 4. The van der Waals surface area contributed by atoms with Gasteiger partial charge in [0.2, 0.25) is 0 Å². The predicted octanol–water partition coefficient (Wildman–Crippen LogP) is 1.48. The van der Waals surface area contributed by atoms with Crippen molar-refractivity contribution in [3.63, 3.8) is 0 Å². The number of methoxy groups -OCH3 is 2. The van der Waals surface area contributed by atoms with E-state index in [-0.39, 0.29) is 18.3 Å². The monoisotopic (exact) mass is 220 g/mol. The molecule has 0 aliphatic heterocycles. The van der Waals surface area contributed by atoms with Crippen LogP contribution in [0.15, 0.2) is 0 Å². The molecule has 0 rings (SSSR count). The first kappa shape index (κ1) is 14.8. The fourth-order valence-electron chi connectivity index (χ4n) is 0.999. The Labute approximate surface area is 92.8 Å². The largest absolute Gasteiger partial charge is 0.382 e. The molecular formula is C11H24O4. The third-order valence-electron chi connectivity index (χ3n) is 2.03. The van der Waals surface area contributed by atoms with E-state index in [1.807, 2.05) is 20.8 Å². The molecule has 0 aromatic rings. The van der Waals surface area contributed by atoms with Gasteiger partial charge in [0.15, 0.2) is 0 Å². The van der Waals surface area contributed by atoms with E-state index < -0.39 is 0 Å². The number of hydrogen-bond donors (Lipinski definition) is 0. The Morgan fingerprint density at radius 3 is 1.67 bits per heavy atom. The van der Waals surface area contributed by atoms with Crippen molar-refractivity contribution >= 4 is 0 Å². The Kier molecular flexibility index (Phi) is 9.00. The Bertz CT molecular complexity index is 141. The molecule has 0 bridgehead atoms. The van der Waals surface area contributed by atoms with Crippen LogP contribution < -0.4 is 0 Å². The minimum Gasteiger partial charge on any atom is -0.382 e. The van der Waals surface area contributed by atoms with Crippen LogP contribution in [0.2, 0.25) is 0 Å². The molecule has 0 radical (unpaired) electrons. The zero-order valence-electron chi connectivity index (χ0n) is 10.5. The molecule has 92 valence electrons. The average molecular weight is 220 g/mol. The van der Waals surface area contributed by atoms with Gasteiger partial charge in [0, 0.05) is 14.2 Å². The van der Waals surface area contributed by atoms with E-state index in [9.17, 15) is 0 Å². The van der Waals surface area contributed by atoms with Crippen molar-refractivity contribution < 1.29 is 18.9 Å². The molecule has 3 atom stereocenters. The summed E-state index contributed by atoms with van der Waals surface area (Å²) in [5.41, 5.74) is 0. The van der Waals surface area contributed by atoms with Crippen molar-refractivity contribution in [2.75, 3.05) is 34.0 Å². The number of rotatable bonds is 9. The van der Waals surface area contributed by atoms with Gasteiger partial charge in [-0.2, -0.15) is 0 Å². The van der Waals surface area contributed by atoms with Crippen LogP contribution in [0.4, 0.5) is 0 Å². The molecule has 0 heterocycles. The fraction of sp³-hybridized carbons (Fsp3) is 1.00. The summed E-state index contributed by atoms with van der Waals surface area (Å²) in [5, 5.41) is 0. The van der Waals surface area contributed by atoms with E-state index in [0.29, 0.717) is 19.8 Å². The minimum atomic E-state index is 0.0851. The third-order valence-corrected chi connectivity index (χ3v) is 2.03. The SMILES string of the molecule is COCC(C)OCC(C)OCC(C)OC. The van der Waals surface area contributed by atoms with E-state index in [1.54, 1.807) is 14.2 Å². The van der Waals surface area contributed by atoms with Gasteiger partial charge in [0.25, 0.3) is 0 Å². The van der Waals surface area contributed by atoms with Gasteiger partial charge in [-0.05, 0) is 20.8 Å². The highest BCUT2D eigenvalue weighted by atomic mass is 16.6. The number of ether oxygens (including phenoxy) is 4. The lowest BCUT2D eigenvalue weighted by atomic mass is 10.4. The standard InChI is InChI=1S/C11H24O4/c1-9(13-5)7-14-11(3)8-15-10(2)6-12-4/h9-11H,6-8H2,1-5H3. The van der Waals surface area contributed by atoms with Crippen molar-refractivity contribution in [3.05, 3.63) is 0 Å². The highest BCUT2D eigenvalue weighted by Gasteiger charge is 2.08. The maximum atomic E-state index is 5.53. The van der Waals surface area contributed by atoms with Crippen molar-refractivity contribution in [1.29, 1.82) is 0 Å². The van der Waals surface area contributed by atoms with Gasteiger partial charge >= 0.3 is 0 Å². The predicted molar refractivity (Wildman–Crippen MR) is 59.2 cm³/mol. The second-order valence-corrected chi connectivity index (χ2v) is 3.79. The van der Waals surface area contributed by atoms with Crippen LogP contribution in [0, 0.1) is 0 Å². The first-order valence-electron chi connectivity index (χ1n) is 5.35. The van der Waals surface area contributed by atoms with Crippen LogP contribution >= 0.6 is 0 Å². The Hall–Kier alpha value is -0.160. The molecule has 0 spiro atoms. The van der Waals surface area contributed by atoms with Gasteiger partial charge in [0.05, 0.1) is 38.1 Å². The summed E-state index contributed by atoms with van der Waals surface area (Å²) < 4.78 is 21.1. The molecule has 3 unspecified atom stereocenters. The first-order valence-corrected chi connectivity index (χ1v) is 5.35. The van der Waals surface area contributed by atoms with Crippen LogP contribution in [0.25, 0.3) is 0 Å². The second kappa shape index (κ2) is 9.09. The summed E-state index contributed by atoms with van der Waals surface area (Å²) in [6, 6.07) is 0. The first-order chi connectivity index (χ1) is 7.10. The molecular weight excluding hydrogens is 196 g/mol. The summed E-state index contributed by atoms with van der Waals surface area (Å²) in [6.07, 6.45) is 0.326. The van der Waals surface area contributed by atoms with Crippen LogP contribution in [0.3, 0.4) is 0 Å². The molecule has 0 saturated carbocycles. The van der Waals surface area contributed by atoms with Crippen LogP contribution in [-0.2, 0) is 18.9 Å². The van der Waals surface area contributed by atoms with E-state index in [2.05, 4.69) is 0 Å². The highest BCUT2D eigenvalue weighted by Crippen LogP contribution is 1.99. The Morgan fingerprint density at radius 1 is 0.733 bits per heavy atom. The molecule has 0 amide bonds.